The van der Waals surface area contributed by atoms with Gasteiger partial charge in [0, 0.05) is 31.0 Å². The number of carbonyl (C=O) groups is 2. The van der Waals surface area contributed by atoms with Crippen LogP contribution in [0.3, 0.4) is 0 Å². The summed E-state index contributed by atoms with van der Waals surface area (Å²) in [6.07, 6.45) is 2.16. The minimum atomic E-state index is -0.429. The van der Waals surface area contributed by atoms with E-state index in [1.807, 2.05) is 27.7 Å². The van der Waals surface area contributed by atoms with Crippen LogP contribution >= 0.6 is 0 Å². The highest BCUT2D eigenvalue weighted by atomic mass is 16.5. The molecule has 0 heterocycles. The van der Waals surface area contributed by atoms with Crippen LogP contribution in [0.2, 0.25) is 0 Å². The van der Waals surface area contributed by atoms with Crippen LogP contribution in [0.15, 0.2) is 0 Å². The van der Waals surface area contributed by atoms with Crippen LogP contribution in [-0.2, 0) is 14.3 Å². The quantitative estimate of drug-likeness (QED) is 0.567. The molecule has 5 heteroatoms. The standard InChI is InChI=1S/C23H46N2O3/c1-20(2,3)15-22(7,8)18(26)24-13-12-17(28-11)14-25-19(27)23(9,10)16-21(4,5)6/h17H,12-16H2,1-11H3,(H,24,26)(H,25,27). The molecule has 0 fully saturated rings. The van der Waals surface area contributed by atoms with Crippen molar-refractivity contribution in [1.29, 1.82) is 0 Å². The summed E-state index contributed by atoms with van der Waals surface area (Å²) >= 11 is 0. The number of carbonyl (C=O) groups excluding carboxylic acids is 2. The molecule has 0 radical (unpaired) electrons. The Bertz CT molecular complexity index is 511. The Kier molecular flexibility index (Phi) is 9.69. The second kappa shape index (κ2) is 10.1. The van der Waals surface area contributed by atoms with Crippen LogP contribution < -0.4 is 10.6 Å². The highest BCUT2D eigenvalue weighted by Crippen LogP contribution is 2.34. The van der Waals surface area contributed by atoms with Crippen molar-refractivity contribution in [3.05, 3.63) is 0 Å². The number of amides is 2. The normalized spacial score (nSPS) is 14.5. The third kappa shape index (κ3) is 11.0. The third-order valence-corrected chi connectivity index (χ3v) is 4.75. The highest BCUT2D eigenvalue weighted by Gasteiger charge is 2.33. The fourth-order valence-corrected chi connectivity index (χ4v) is 4.15. The molecule has 1 unspecified atom stereocenters. The Morgan fingerprint density at radius 2 is 1.14 bits per heavy atom. The smallest absolute Gasteiger partial charge is 0.225 e. The van der Waals surface area contributed by atoms with Gasteiger partial charge in [-0.05, 0) is 30.1 Å². The van der Waals surface area contributed by atoms with E-state index in [0.29, 0.717) is 19.5 Å². The zero-order chi connectivity index (χ0) is 22.4. The molecule has 0 saturated heterocycles. The number of ether oxygens (including phenoxy) is 1. The molecule has 0 aliphatic heterocycles. The van der Waals surface area contributed by atoms with Gasteiger partial charge in [0.05, 0.1) is 6.10 Å². The largest absolute Gasteiger partial charge is 0.380 e. The highest BCUT2D eigenvalue weighted by molar-refractivity contribution is 5.82. The lowest BCUT2D eigenvalue weighted by molar-refractivity contribution is -0.132. The minimum Gasteiger partial charge on any atom is -0.380 e. The van der Waals surface area contributed by atoms with Gasteiger partial charge in [-0.1, -0.05) is 69.2 Å². The van der Waals surface area contributed by atoms with Gasteiger partial charge in [0.1, 0.15) is 0 Å². The van der Waals surface area contributed by atoms with Crippen LogP contribution in [0.5, 0.6) is 0 Å². The average molecular weight is 399 g/mol. The predicted molar refractivity (Wildman–Crippen MR) is 117 cm³/mol. The first-order valence-corrected chi connectivity index (χ1v) is 10.5. The lowest BCUT2D eigenvalue weighted by Crippen LogP contribution is -2.44. The molecule has 2 amide bonds. The molecule has 166 valence electrons. The van der Waals surface area contributed by atoms with Crippen molar-refractivity contribution in [2.75, 3.05) is 20.2 Å². The summed E-state index contributed by atoms with van der Waals surface area (Å²) in [5.41, 5.74) is -0.653. The van der Waals surface area contributed by atoms with Gasteiger partial charge in [0.15, 0.2) is 0 Å². The number of hydrogen-bond donors (Lipinski definition) is 2. The molecular weight excluding hydrogens is 352 g/mol. The molecule has 2 N–H and O–H groups in total. The molecule has 0 bridgehead atoms. The molecule has 0 rings (SSSR count). The van der Waals surface area contributed by atoms with E-state index < -0.39 is 10.8 Å². The summed E-state index contributed by atoms with van der Waals surface area (Å²) in [6, 6.07) is 0. The van der Waals surface area contributed by atoms with E-state index in [0.717, 1.165) is 12.8 Å². The second-order valence-corrected chi connectivity index (χ2v) is 11.9. The van der Waals surface area contributed by atoms with Crippen LogP contribution in [0.1, 0.15) is 88.5 Å². The van der Waals surface area contributed by atoms with Gasteiger partial charge in [-0.3, -0.25) is 9.59 Å². The van der Waals surface area contributed by atoms with Gasteiger partial charge < -0.3 is 15.4 Å². The number of hydrogen-bond acceptors (Lipinski definition) is 3. The minimum absolute atomic E-state index is 0.0415. The zero-order valence-electron chi connectivity index (χ0n) is 20.3. The van der Waals surface area contributed by atoms with E-state index >= 15 is 0 Å². The number of methoxy groups -OCH3 is 1. The first kappa shape index (κ1) is 26.9. The summed E-state index contributed by atoms with van der Waals surface area (Å²) < 4.78 is 5.50. The van der Waals surface area contributed by atoms with Crippen LogP contribution in [0.4, 0.5) is 0 Å². The van der Waals surface area contributed by atoms with Crippen LogP contribution in [0.25, 0.3) is 0 Å². The Labute approximate surface area is 173 Å². The maximum absolute atomic E-state index is 12.6. The topological polar surface area (TPSA) is 67.4 Å². The Hall–Kier alpha value is -1.10. The first-order chi connectivity index (χ1) is 12.4. The molecular formula is C23H46N2O3. The fraction of sp³-hybridized carbons (Fsp3) is 0.913. The van der Waals surface area contributed by atoms with E-state index in [9.17, 15) is 9.59 Å². The van der Waals surface area contributed by atoms with Gasteiger partial charge in [0.2, 0.25) is 11.8 Å². The lowest BCUT2D eigenvalue weighted by atomic mass is 9.75. The van der Waals surface area contributed by atoms with Crippen molar-refractivity contribution in [2.45, 2.75) is 94.6 Å². The summed E-state index contributed by atoms with van der Waals surface area (Å²) in [5.74, 6) is 0.104. The summed E-state index contributed by atoms with van der Waals surface area (Å²) in [7, 11) is 1.64. The SMILES string of the molecule is COC(CCNC(=O)C(C)(C)CC(C)(C)C)CNC(=O)C(C)(C)CC(C)(C)C. The molecule has 5 nitrogen and oxygen atoms in total. The molecule has 0 aromatic carbocycles. The van der Waals surface area contributed by atoms with E-state index in [2.05, 4.69) is 52.2 Å². The van der Waals surface area contributed by atoms with Crippen molar-refractivity contribution >= 4 is 11.8 Å². The Balaban J connectivity index is 4.50. The van der Waals surface area contributed by atoms with Gasteiger partial charge in [-0.25, -0.2) is 0 Å². The maximum Gasteiger partial charge on any atom is 0.225 e. The maximum atomic E-state index is 12.6. The third-order valence-electron chi connectivity index (χ3n) is 4.75. The average Bonchev–Trinajstić information content (AvgIpc) is 2.45. The Morgan fingerprint density at radius 1 is 0.750 bits per heavy atom. The monoisotopic (exact) mass is 398 g/mol. The lowest BCUT2D eigenvalue weighted by Gasteiger charge is -2.32. The molecule has 0 aromatic heterocycles. The van der Waals surface area contributed by atoms with E-state index in [-0.39, 0.29) is 28.7 Å². The molecule has 0 spiro atoms. The molecule has 0 saturated carbocycles. The van der Waals surface area contributed by atoms with Crippen molar-refractivity contribution in [3.63, 3.8) is 0 Å². The first-order valence-electron chi connectivity index (χ1n) is 10.5. The summed E-state index contributed by atoms with van der Waals surface area (Å²) in [4.78, 5) is 25.1. The van der Waals surface area contributed by atoms with Crippen molar-refractivity contribution in [3.8, 4) is 0 Å². The van der Waals surface area contributed by atoms with Gasteiger partial charge >= 0.3 is 0 Å². The molecule has 0 aliphatic carbocycles. The summed E-state index contributed by atoms with van der Waals surface area (Å²) in [5, 5.41) is 6.05. The predicted octanol–water partition coefficient (Wildman–Crippen LogP) is 4.55. The van der Waals surface area contributed by atoms with E-state index in [1.165, 1.54) is 0 Å². The number of nitrogens with one attached hydrogen (secondary N) is 2. The van der Waals surface area contributed by atoms with E-state index in [4.69, 9.17) is 4.74 Å². The summed E-state index contributed by atoms with van der Waals surface area (Å²) in [6.45, 7) is 21.8. The Morgan fingerprint density at radius 3 is 1.50 bits per heavy atom. The van der Waals surface area contributed by atoms with Gasteiger partial charge in [-0.15, -0.1) is 0 Å². The van der Waals surface area contributed by atoms with Gasteiger partial charge in [0.25, 0.3) is 0 Å². The molecule has 0 aromatic rings. The fourth-order valence-electron chi connectivity index (χ4n) is 4.15. The molecule has 1 atom stereocenters. The van der Waals surface area contributed by atoms with Gasteiger partial charge in [-0.2, -0.15) is 0 Å². The second-order valence-electron chi connectivity index (χ2n) is 11.9. The van der Waals surface area contributed by atoms with Crippen molar-refractivity contribution in [2.24, 2.45) is 21.7 Å². The molecule has 0 aliphatic rings. The molecule has 28 heavy (non-hydrogen) atoms. The number of rotatable bonds is 10. The van der Waals surface area contributed by atoms with Crippen molar-refractivity contribution < 1.29 is 14.3 Å². The van der Waals surface area contributed by atoms with Crippen LogP contribution in [0, 0.1) is 21.7 Å². The van der Waals surface area contributed by atoms with E-state index in [1.54, 1.807) is 7.11 Å². The zero-order valence-corrected chi connectivity index (χ0v) is 20.3. The van der Waals surface area contributed by atoms with Crippen LogP contribution in [-0.4, -0.2) is 38.1 Å². The van der Waals surface area contributed by atoms with Crippen molar-refractivity contribution in [1.82, 2.24) is 10.6 Å².